The maximum Gasteiger partial charge on any atom is 0.108 e. The molecule has 0 spiro atoms. The van der Waals surface area contributed by atoms with Gasteiger partial charge in [-0.15, -0.1) is 36.2 Å². The molecule has 29 heavy (non-hydrogen) atoms. The number of para-hydroxylation sites is 1. The molecule has 1 saturated heterocycles. The summed E-state index contributed by atoms with van der Waals surface area (Å²) in [6.45, 7) is 8.51. The van der Waals surface area contributed by atoms with Crippen molar-refractivity contribution >= 4 is 53.6 Å². The second-order valence-electron chi connectivity index (χ2n) is 7.62. The van der Waals surface area contributed by atoms with Gasteiger partial charge in [0.25, 0.3) is 0 Å². The van der Waals surface area contributed by atoms with E-state index in [0.717, 1.165) is 32.7 Å². The molecule has 3 heterocycles. The number of hydrogen-bond acceptors (Lipinski definition) is 6. The van der Waals surface area contributed by atoms with Crippen LogP contribution in [0.2, 0.25) is 0 Å². The van der Waals surface area contributed by atoms with E-state index >= 15 is 0 Å². The van der Waals surface area contributed by atoms with E-state index in [1.165, 1.54) is 25.2 Å². The minimum absolute atomic E-state index is 0. The Bertz CT molecular complexity index is 787. The Morgan fingerprint density at radius 1 is 1.24 bits per heavy atom. The van der Waals surface area contributed by atoms with Gasteiger partial charge in [0.2, 0.25) is 0 Å². The average Bonchev–Trinajstić information content (AvgIpc) is 3.03. The van der Waals surface area contributed by atoms with E-state index in [9.17, 15) is 0 Å². The van der Waals surface area contributed by atoms with E-state index in [2.05, 4.69) is 59.7 Å². The van der Waals surface area contributed by atoms with E-state index in [4.69, 9.17) is 4.74 Å². The van der Waals surface area contributed by atoms with Gasteiger partial charge in [0.1, 0.15) is 6.17 Å². The molecule has 0 radical (unpaired) electrons. The van der Waals surface area contributed by atoms with Crippen LogP contribution in [-0.2, 0) is 4.74 Å². The van der Waals surface area contributed by atoms with Gasteiger partial charge in [0.15, 0.2) is 0 Å². The summed E-state index contributed by atoms with van der Waals surface area (Å²) in [5.74, 6) is 0.566. The van der Waals surface area contributed by atoms with Crippen LogP contribution >= 0.6 is 47.9 Å². The highest BCUT2D eigenvalue weighted by Gasteiger charge is 2.32. The number of rotatable bonds is 5. The number of nitrogens with one attached hydrogen (secondary N) is 2. The van der Waals surface area contributed by atoms with Gasteiger partial charge in [0.05, 0.1) is 4.21 Å². The molecule has 2 aliphatic heterocycles. The molecule has 0 aliphatic carbocycles. The summed E-state index contributed by atoms with van der Waals surface area (Å²) >= 11 is 3.88. The zero-order chi connectivity index (χ0) is 18.8. The Balaban J connectivity index is 0.00000150. The first-order valence-corrected chi connectivity index (χ1v) is 11.4. The van der Waals surface area contributed by atoms with Crippen LogP contribution in [0.15, 0.2) is 39.4 Å². The van der Waals surface area contributed by atoms with Crippen molar-refractivity contribution in [1.82, 2.24) is 10.2 Å². The van der Waals surface area contributed by atoms with Gasteiger partial charge < -0.3 is 15.4 Å². The molecule has 8 heteroatoms. The molecular formula is C21H31Cl2N3OS2. The maximum atomic E-state index is 5.30. The third-order valence-electron chi connectivity index (χ3n) is 5.31. The smallest absolute Gasteiger partial charge is 0.108 e. The van der Waals surface area contributed by atoms with E-state index in [1.54, 1.807) is 7.11 Å². The van der Waals surface area contributed by atoms with Crippen LogP contribution in [0.25, 0.3) is 0 Å². The van der Waals surface area contributed by atoms with Crippen molar-refractivity contribution in [2.45, 2.75) is 47.5 Å². The largest absolute Gasteiger partial charge is 0.385 e. The SMILES string of the molecule is COCC[C@H]1CN(C2Nc3ccccc3Sc3sc(C(C)C)cc32)CCN1.Cl.Cl. The van der Waals surface area contributed by atoms with E-state index in [1.807, 2.05) is 23.1 Å². The number of fused-ring (bicyclic) bond motifs is 2. The number of halogens is 2. The number of thiophene rings is 1. The predicted molar refractivity (Wildman–Crippen MR) is 130 cm³/mol. The highest BCUT2D eigenvalue weighted by Crippen LogP contribution is 2.48. The van der Waals surface area contributed by atoms with Gasteiger partial charge in [-0.25, -0.2) is 0 Å². The highest BCUT2D eigenvalue weighted by atomic mass is 35.5. The van der Waals surface area contributed by atoms with Crippen molar-refractivity contribution < 1.29 is 4.74 Å². The van der Waals surface area contributed by atoms with Gasteiger partial charge in [-0.1, -0.05) is 37.7 Å². The minimum atomic E-state index is 0. The molecule has 4 rings (SSSR count). The Kier molecular flexibility index (Phi) is 9.61. The van der Waals surface area contributed by atoms with E-state index < -0.39 is 0 Å². The molecule has 2 aromatic rings. The summed E-state index contributed by atoms with van der Waals surface area (Å²) in [5.41, 5.74) is 2.69. The fourth-order valence-corrected chi connectivity index (χ4v) is 6.31. The maximum absolute atomic E-state index is 5.30. The molecule has 1 unspecified atom stereocenters. The first-order chi connectivity index (χ1) is 13.2. The Labute approximate surface area is 195 Å². The average molecular weight is 477 g/mol. The lowest BCUT2D eigenvalue weighted by Gasteiger charge is -2.39. The second-order valence-corrected chi connectivity index (χ2v) is 10.0. The van der Waals surface area contributed by atoms with Crippen LogP contribution in [0.3, 0.4) is 0 Å². The van der Waals surface area contributed by atoms with Gasteiger partial charge in [0, 0.05) is 60.4 Å². The summed E-state index contributed by atoms with van der Waals surface area (Å²) in [7, 11) is 1.78. The number of piperazine rings is 1. The zero-order valence-electron chi connectivity index (χ0n) is 17.1. The van der Waals surface area contributed by atoms with Crippen molar-refractivity contribution in [2.75, 3.05) is 38.7 Å². The predicted octanol–water partition coefficient (Wildman–Crippen LogP) is 5.60. The fraction of sp³-hybridized carbons (Fsp3) is 0.524. The molecule has 1 fully saturated rings. The van der Waals surface area contributed by atoms with Crippen molar-refractivity contribution in [2.24, 2.45) is 0 Å². The van der Waals surface area contributed by atoms with Crippen LogP contribution in [0, 0.1) is 0 Å². The van der Waals surface area contributed by atoms with Gasteiger partial charge in [-0.05, 0) is 30.5 Å². The monoisotopic (exact) mass is 475 g/mol. The fourth-order valence-electron chi connectivity index (χ4n) is 3.79. The minimum Gasteiger partial charge on any atom is -0.385 e. The van der Waals surface area contributed by atoms with Crippen molar-refractivity contribution in [1.29, 1.82) is 0 Å². The Morgan fingerprint density at radius 2 is 2.03 bits per heavy atom. The van der Waals surface area contributed by atoms with E-state index in [0.29, 0.717) is 12.0 Å². The number of benzene rings is 1. The van der Waals surface area contributed by atoms with Gasteiger partial charge in [-0.3, -0.25) is 4.90 Å². The first kappa shape index (κ1) is 24.8. The summed E-state index contributed by atoms with van der Waals surface area (Å²) in [6, 6.07) is 11.6. The molecule has 4 nitrogen and oxygen atoms in total. The lowest BCUT2D eigenvalue weighted by atomic mass is 10.1. The lowest BCUT2D eigenvalue weighted by molar-refractivity contribution is 0.126. The number of hydrogen-bond donors (Lipinski definition) is 2. The lowest BCUT2D eigenvalue weighted by Crippen LogP contribution is -2.53. The molecule has 1 aromatic carbocycles. The molecule has 1 aromatic heterocycles. The third-order valence-corrected chi connectivity index (χ3v) is 8.06. The number of anilines is 1. The van der Waals surface area contributed by atoms with Gasteiger partial charge in [-0.2, -0.15) is 0 Å². The van der Waals surface area contributed by atoms with Crippen LogP contribution in [0.1, 0.15) is 42.8 Å². The Hall–Kier alpha value is -0.470. The molecular weight excluding hydrogens is 445 g/mol. The van der Waals surface area contributed by atoms with Crippen LogP contribution in [0.4, 0.5) is 5.69 Å². The topological polar surface area (TPSA) is 36.5 Å². The van der Waals surface area contributed by atoms with Gasteiger partial charge >= 0.3 is 0 Å². The first-order valence-electron chi connectivity index (χ1n) is 9.79. The molecule has 0 bridgehead atoms. The molecule has 0 amide bonds. The highest BCUT2D eigenvalue weighted by molar-refractivity contribution is 8.01. The van der Waals surface area contributed by atoms with Crippen LogP contribution in [-0.4, -0.2) is 44.3 Å². The normalized spacial score (nSPS) is 21.2. The second kappa shape index (κ2) is 11.2. The molecule has 0 saturated carbocycles. The molecule has 162 valence electrons. The van der Waals surface area contributed by atoms with Crippen molar-refractivity contribution in [3.05, 3.63) is 40.8 Å². The summed E-state index contributed by atoms with van der Waals surface area (Å²) < 4.78 is 6.74. The van der Waals surface area contributed by atoms with Crippen molar-refractivity contribution in [3.8, 4) is 0 Å². The zero-order valence-corrected chi connectivity index (χ0v) is 20.4. The van der Waals surface area contributed by atoms with Crippen molar-refractivity contribution in [3.63, 3.8) is 0 Å². The van der Waals surface area contributed by atoms with Crippen LogP contribution < -0.4 is 10.6 Å². The number of nitrogens with zero attached hydrogens (tertiary/aromatic N) is 1. The third kappa shape index (κ3) is 5.62. The summed E-state index contributed by atoms with van der Waals surface area (Å²) in [5, 5.41) is 7.52. The summed E-state index contributed by atoms with van der Waals surface area (Å²) in [6.07, 6.45) is 1.28. The number of ether oxygens (including phenoxy) is 1. The van der Waals surface area contributed by atoms with Crippen LogP contribution in [0.5, 0.6) is 0 Å². The molecule has 2 atom stereocenters. The molecule has 2 aliphatic rings. The van der Waals surface area contributed by atoms with E-state index in [-0.39, 0.29) is 31.0 Å². The number of methoxy groups -OCH3 is 1. The summed E-state index contributed by atoms with van der Waals surface area (Å²) in [4.78, 5) is 5.41. The quantitative estimate of drug-likeness (QED) is 0.588. The Morgan fingerprint density at radius 3 is 2.79 bits per heavy atom. The standard InChI is InChI=1S/C21H29N3OS2.2ClH/c1-14(2)19-12-16-20(24-10-9-22-15(13-24)8-11-25-3)23-17-6-4-5-7-18(17)26-21(16)27-19;;/h4-7,12,14-15,20,22-23H,8-11,13H2,1-3H3;2*1H/t15-,20?;;/m0../s1. The molecule has 2 N–H and O–H groups in total.